The summed E-state index contributed by atoms with van der Waals surface area (Å²) in [5, 5.41) is 1.06. The molecule has 6 heteroatoms. The third-order valence-corrected chi connectivity index (χ3v) is 3.42. The van der Waals surface area contributed by atoms with Gasteiger partial charge in [-0.25, -0.2) is 4.98 Å². The van der Waals surface area contributed by atoms with Crippen LogP contribution in [0.5, 0.6) is 0 Å². The van der Waals surface area contributed by atoms with Crippen molar-refractivity contribution in [3.05, 3.63) is 28.0 Å². The topological polar surface area (TPSA) is 53.1 Å². The van der Waals surface area contributed by atoms with E-state index in [1.807, 2.05) is 13.0 Å². The van der Waals surface area contributed by atoms with E-state index in [-0.39, 0.29) is 0 Å². The Morgan fingerprint density at radius 2 is 2.00 bits per heavy atom. The number of halogens is 2. The quantitative estimate of drug-likeness (QED) is 0.860. The van der Waals surface area contributed by atoms with E-state index in [0.717, 1.165) is 23.4 Å². The van der Waals surface area contributed by atoms with Crippen molar-refractivity contribution in [1.29, 1.82) is 0 Å². The van der Waals surface area contributed by atoms with Crippen LogP contribution in [0.4, 0.5) is 0 Å². The van der Waals surface area contributed by atoms with Crippen molar-refractivity contribution in [2.24, 2.45) is 5.73 Å². The average Bonchev–Trinajstić information content (AvgIpc) is 2.62. The van der Waals surface area contributed by atoms with Gasteiger partial charge in [0.2, 0.25) is 0 Å². The minimum Gasteiger partial charge on any atom is -0.378 e. The molecule has 4 nitrogen and oxygen atoms in total. The van der Waals surface area contributed by atoms with Crippen LogP contribution >= 0.6 is 23.2 Å². The lowest BCUT2D eigenvalue weighted by molar-refractivity contribution is 0.133. The van der Waals surface area contributed by atoms with Crippen LogP contribution in [0.1, 0.15) is 5.82 Å². The number of hydrogen-bond acceptors (Lipinski definition) is 3. The first kappa shape index (κ1) is 13.6. The lowest BCUT2D eigenvalue weighted by atomic mass is 10.3. The molecular weight excluding hydrogens is 273 g/mol. The number of imidazole rings is 1. The number of hydrogen-bond donors (Lipinski definition) is 1. The van der Waals surface area contributed by atoms with Gasteiger partial charge in [0.05, 0.1) is 34.3 Å². The predicted octanol–water partition coefficient (Wildman–Crippen LogP) is 2.63. The van der Waals surface area contributed by atoms with E-state index < -0.39 is 0 Å². The molecule has 2 aromatic rings. The lowest BCUT2D eigenvalue weighted by Crippen LogP contribution is -2.13. The molecule has 0 aliphatic rings. The standard InChI is InChI=1S/C12H15Cl2N3O/c1-8-16-11-6-9(13)10(14)7-12(11)17(8)3-5-18-4-2-15/h6-7H,2-5,15H2,1H3. The molecule has 1 aromatic heterocycles. The molecule has 0 saturated carbocycles. The van der Waals surface area contributed by atoms with E-state index in [9.17, 15) is 0 Å². The highest BCUT2D eigenvalue weighted by molar-refractivity contribution is 6.42. The molecule has 0 fully saturated rings. The van der Waals surface area contributed by atoms with Crippen molar-refractivity contribution in [3.8, 4) is 0 Å². The highest BCUT2D eigenvalue weighted by Gasteiger charge is 2.10. The van der Waals surface area contributed by atoms with Gasteiger partial charge in [-0.1, -0.05) is 23.2 Å². The third kappa shape index (κ3) is 2.78. The maximum Gasteiger partial charge on any atom is 0.106 e. The van der Waals surface area contributed by atoms with Gasteiger partial charge in [-0.2, -0.15) is 0 Å². The third-order valence-electron chi connectivity index (χ3n) is 2.70. The Balaban J connectivity index is 2.26. The van der Waals surface area contributed by atoms with Crippen LogP contribution in [0, 0.1) is 6.92 Å². The molecule has 98 valence electrons. The van der Waals surface area contributed by atoms with Gasteiger partial charge >= 0.3 is 0 Å². The van der Waals surface area contributed by atoms with Crippen LogP contribution in [0.3, 0.4) is 0 Å². The molecule has 1 heterocycles. The first-order valence-electron chi connectivity index (χ1n) is 5.73. The first-order valence-corrected chi connectivity index (χ1v) is 6.48. The van der Waals surface area contributed by atoms with Crippen LogP contribution in [0.15, 0.2) is 12.1 Å². The summed E-state index contributed by atoms with van der Waals surface area (Å²) in [7, 11) is 0. The zero-order valence-electron chi connectivity index (χ0n) is 10.1. The molecule has 0 radical (unpaired) electrons. The molecule has 0 unspecified atom stereocenters. The summed E-state index contributed by atoms with van der Waals surface area (Å²) < 4.78 is 7.44. The van der Waals surface area contributed by atoms with Gasteiger partial charge in [-0.05, 0) is 19.1 Å². The number of benzene rings is 1. The Hall–Kier alpha value is -0.810. The summed E-state index contributed by atoms with van der Waals surface area (Å²) in [6, 6.07) is 3.62. The predicted molar refractivity (Wildman–Crippen MR) is 74.4 cm³/mol. The normalized spacial score (nSPS) is 11.3. The van der Waals surface area contributed by atoms with Crippen molar-refractivity contribution in [2.75, 3.05) is 19.8 Å². The molecule has 0 saturated heterocycles. The minimum atomic E-state index is 0.521. The van der Waals surface area contributed by atoms with E-state index in [4.69, 9.17) is 33.7 Å². The second-order valence-corrected chi connectivity index (χ2v) is 4.78. The number of nitrogens with zero attached hydrogens (tertiary/aromatic N) is 2. The Morgan fingerprint density at radius 1 is 1.28 bits per heavy atom. The molecule has 0 aliphatic heterocycles. The fraction of sp³-hybridized carbons (Fsp3) is 0.417. The number of ether oxygens (including phenoxy) is 1. The van der Waals surface area contributed by atoms with Gasteiger partial charge < -0.3 is 15.0 Å². The molecule has 0 aliphatic carbocycles. The van der Waals surface area contributed by atoms with Crippen LogP contribution in [-0.2, 0) is 11.3 Å². The number of aryl methyl sites for hydroxylation is 1. The number of nitrogens with two attached hydrogens (primary N) is 1. The van der Waals surface area contributed by atoms with Gasteiger partial charge in [-0.3, -0.25) is 0 Å². The van der Waals surface area contributed by atoms with E-state index >= 15 is 0 Å². The smallest absolute Gasteiger partial charge is 0.106 e. The zero-order valence-corrected chi connectivity index (χ0v) is 11.6. The fourth-order valence-electron chi connectivity index (χ4n) is 1.86. The van der Waals surface area contributed by atoms with E-state index in [0.29, 0.717) is 29.8 Å². The van der Waals surface area contributed by atoms with Crippen molar-refractivity contribution in [3.63, 3.8) is 0 Å². The largest absolute Gasteiger partial charge is 0.378 e. The first-order chi connectivity index (χ1) is 8.63. The highest BCUT2D eigenvalue weighted by Crippen LogP contribution is 2.28. The van der Waals surface area contributed by atoms with Gasteiger partial charge in [0, 0.05) is 13.1 Å². The van der Waals surface area contributed by atoms with Crippen LogP contribution in [0.2, 0.25) is 10.0 Å². The van der Waals surface area contributed by atoms with Gasteiger partial charge in [-0.15, -0.1) is 0 Å². The second-order valence-electron chi connectivity index (χ2n) is 3.97. The zero-order chi connectivity index (χ0) is 13.1. The maximum atomic E-state index is 6.03. The Kier molecular flexibility index (Phi) is 4.45. The molecule has 0 amide bonds. The molecule has 18 heavy (non-hydrogen) atoms. The number of aromatic nitrogens is 2. The molecule has 1 aromatic carbocycles. The Morgan fingerprint density at radius 3 is 2.72 bits per heavy atom. The molecular formula is C12H15Cl2N3O. The molecule has 0 bridgehead atoms. The maximum absolute atomic E-state index is 6.03. The molecule has 0 atom stereocenters. The van der Waals surface area contributed by atoms with Gasteiger partial charge in [0.1, 0.15) is 5.82 Å². The second kappa shape index (κ2) is 5.89. The van der Waals surface area contributed by atoms with Crippen molar-refractivity contribution < 1.29 is 4.74 Å². The monoisotopic (exact) mass is 287 g/mol. The van der Waals surface area contributed by atoms with E-state index in [2.05, 4.69) is 9.55 Å². The number of rotatable bonds is 5. The summed E-state index contributed by atoms with van der Waals surface area (Å²) in [5.74, 6) is 0.916. The summed E-state index contributed by atoms with van der Waals surface area (Å²) in [6.45, 7) is 4.37. The summed E-state index contributed by atoms with van der Waals surface area (Å²) in [6.07, 6.45) is 0. The lowest BCUT2D eigenvalue weighted by Gasteiger charge is -2.07. The van der Waals surface area contributed by atoms with Crippen LogP contribution < -0.4 is 5.73 Å². The number of fused-ring (bicyclic) bond motifs is 1. The molecule has 2 rings (SSSR count). The van der Waals surface area contributed by atoms with Gasteiger partial charge in [0.15, 0.2) is 0 Å². The van der Waals surface area contributed by atoms with E-state index in [1.54, 1.807) is 6.07 Å². The van der Waals surface area contributed by atoms with Crippen molar-refractivity contribution in [1.82, 2.24) is 9.55 Å². The molecule has 0 spiro atoms. The van der Waals surface area contributed by atoms with Crippen LogP contribution in [0.25, 0.3) is 11.0 Å². The fourth-order valence-corrected chi connectivity index (χ4v) is 2.18. The van der Waals surface area contributed by atoms with E-state index in [1.165, 1.54) is 0 Å². The summed E-state index contributed by atoms with van der Waals surface area (Å²) in [4.78, 5) is 4.45. The summed E-state index contributed by atoms with van der Waals surface area (Å²) >= 11 is 12.0. The Labute approximate surface area is 116 Å². The summed E-state index contributed by atoms with van der Waals surface area (Å²) in [5.41, 5.74) is 7.19. The van der Waals surface area contributed by atoms with Crippen molar-refractivity contribution >= 4 is 34.2 Å². The van der Waals surface area contributed by atoms with Crippen LogP contribution in [-0.4, -0.2) is 29.3 Å². The Bertz CT molecular complexity index is 554. The highest BCUT2D eigenvalue weighted by atomic mass is 35.5. The SMILES string of the molecule is Cc1nc2cc(Cl)c(Cl)cc2n1CCOCCN. The minimum absolute atomic E-state index is 0.521. The molecule has 2 N–H and O–H groups in total. The van der Waals surface area contributed by atoms with Crippen molar-refractivity contribution in [2.45, 2.75) is 13.5 Å². The van der Waals surface area contributed by atoms with Gasteiger partial charge in [0.25, 0.3) is 0 Å². The average molecular weight is 288 g/mol.